The second-order valence-electron chi connectivity index (χ2n) is 9.58. The van der Waals surface area contributed by atoms with Crippen molar-refractivity contribution < 1.29 is 18.0 Å². The van der Waals surface area contributed by atoms with E-state index >= 15 is 0 Å². The number of carbonyl (C=O) groups is 1. The van der Waals surface area contributed by atoms with Gasteiger partial charge in [0, 0.05) is 34.0 Å². The topological polar surface area (TPSA) is 47.8 Å². The summed E-state index contributed by atoms with van der Waals surface area (Å²) in [5, 5.41) is 4.81. The first kappa shape index (κ1) is 25.4. The van der Waals surface area contributed by atoms with Gasteiger partial charge in [0.15, 0.2) is 11.5 Å². The molecule has 1 atom stereocenters. The lowest BCUT2D eigenvalue weighted by molar-refractivity contribution is -0.142. The van der Waals surface area contributed by atoms with Crippen LogP contribution >= 0.6 is 11.3 Å². The fourth-order valence-corrected chi connectivity index (χ4v) is 6.26. The van der Waals surface area contributed by atoms with Crippen molar-refractivity contribution in [2.75, 3.05) is 0 Å². The van der Waals surface area contributed by atoms with Crippen molar-refractivity contribution >= 4 is 17.1 Å². The van der Waals surface area contributed by atoms with Gasteiger partial charge in [0.2, 0.25) is 0 Å². The average molecular weight is 524 g/mol. The van der Waals surface area contributed by atoms with Crippen LogP contribution in [0.2, 0.25) is 0 Å². The first-order valence-electron chi connectivity index (χ1n) is 12.5. The van der Waals surface area contributed by atoms with Gasteiger partial charge in [0.25, 0.3) is 0 Å². The van der Waals surface area contributed by atoms with Crippen LogP contribution in [-0.4, -0.2) is 20.5 Å². The molecule has 0 spiro atoms. The Morgan fingerprint density at radius 1 is 1.03 bits per heavy atom. The zero-order valence-corrected chi connectivity index (χ0v) is 21.4. The highest BCUT2D eigenvalue weighted by atomic mass is 32.1. The Labute approximate surface area is 218 Å². The quantitative estimate of drug-likeness (QED) is 0.245. The summed E-state index contributed by atoms with van der Waals surface area (Å²) in [6.07, 6.45) is -1.29. The predicted octanol–water partition coefficient (Wildman–Crippen LogP) is 7.20. The Hall–Kier alpha value is -3.26. The number of carbonyl (C=O) groups excluding carboxylic acids is 1. The molecule has 8 heteroatoms. The smallest absolute Gasteiger partial charge is 0.298 e. The number of benzene rings is 2. The molecule has 1 aliphatic carbocycles. The highest BCUT2D eigenvalue weighted by molar-refractivity contribution is 7.12. The van der Waals surface area contributed by atoms with Crippen LogP contribution in [0.15, 0.2) is 60.7 Å². The Bertz CT molecular complexity index is 1380. The average Bonchev–Trinajstić information content (AvgIpc) is 3.46. The summed E-state index contributed by atoms with van der Waals surface area (Å²) in [5.41, 5.74) is 2.94. The summed E-state index contributed by atoms with van der Waals surface area (Å²) in [6, 6.07) is 19.9. The summed E-state index contributed by atoms with van der Waals surface area (Å²) < 4.78 is 42.2. The Morgan fingerprint density at radius 2 is 1.70 bits per heavy atom. The van der Waals surface area contributed by atoms with Gasteiger partial charge in [-0.25, -0.2) is 4.98 Å². The largest absolute Gasteiger partial charge is 0.435 e. The molecule has 0 aliphatic heterocycles. The number of aromatic nitrogens is 3. The lowest BCUT2D eigenvalue weighted by Gasteiger charge is -2.18. The second-order valence-corrected chi connectivity index (χ2v) is 10.8. The van der Waals surface area contributed by atoms with E-state index in [0.717, 1.165) is 33.1 Å². The van der Waals surface area contributed by atoms with Crippen molar-refractivity contribution in [1.82, 2.24) is 14.8 Å². The molecule has 2 aromatic carbocycles. The van der Waals surface area contributed by atoms with E-state index in [0.29, 0.717) is 31.4 Å². The minimum absolute atomic E-state index is 0.129. The molecule has 1 aliphatic rings. The molecular weight excluding hydrogens is 495 g/mol. The highest BCUT2D eigenvalue weighted by Gasteiger charge is 2.39. The number of hydrogen-bond acceptors (Lipinski definition) is 4. The SMILES string of the molecule is Cc1nc(-c2ccccc2)c(C(CC(=O)Cn2nc(C(F)(F)F)c3c2CCCC3)Cc2ccccc2)s1. The number of nitrogens with zero attached hydrogens (tertiary/aromatic N) is 3. The lowest BCUT2D eigenvalue weighted by atomic mass is 9.90. The molecule has 2 heterocycles. The van der Waals surface area contributed by atoms with E-state index in [1.165, 1.54) is 4.68 Å². The Kier molecular flexibility index (Phi) is 7.29. The number of hydrogen-bond donors (Lipinski definition) is 0. The van der Waals surface area contributed by atoms with Gasteiger partial charge >= 0.3 is 6.18 Å². The standard InChI is InChI=1S/C29H28F3N3OS/c1-19-33-26(21-12-6-3-7-13-21)27(37-19)22(16-20-10-4-2-5-11-20)17-23(36)18-35-25-15-9-8-14-24(25)28(34-35)29(30,31)32/h2-7,10-13,22H,8-9,14-18H2,1H3. The van der Waals surface area contributed by atoms with Gasteiger partial charge in [0.1, 0.15) is 0 Å². The number of ketones is 1. The van der Waals surface area contributed by atoms with Gasteiger partial charge in [0.05, 0.1) is 17.2 Å². The number of halogens is 3. The number of fused-ring (bicyclic) bond motifs is 1. The number of aryl methyl sites for hydroxylation is 1. The van der Waals surface area contributed by atoms with E-state index in [1.54, 1.807) is 11.3 Å². The van der Waals surface area contributed by atoms with Crippen molar-refractivity contribution in [3.8, 4) is 11.3 Å². The fraction of sp³-hybridized carbons (Fsp3) is 0.345. The molecule has 5 rings (SSSR count). The molecule has 1 unspecified atom stereocenters. The number of rotatable bonds is 8. The summed E-state index contributed by atoms with van der Waals surface area (Å²) in [6.45, 7) is 1.80. The van der Waals surface area contributed by atoms with Crippen LogP contribution < -0.4 is 0 Å². The van der Waals surface area contributed by atoms with Crippen LogP contribution in [-0.2, 0) is 36.8 Å². The summed E-state index contributed by atoms with van der Waals surface area (Å²) in [5.74, 6) is -0.277. The minimum Gasteiger partial charge on any atom is -0.298 e. The first-order valence-corrected chi connectivity index (χ1v) is 13.4. The number of thiazole rings is 1. The molecule has 4 nitrogen and oxygen atoms in total. The third-order valence-electron chi connectivity index (χ3n) is 6.83. The Balaban J connectivity index is 1.46. The molecule has 4 aromatic rings. The van der Waals surface area contributed by atoms with Gasteiger partial charge in [-0.3, -0.25) is 9.48 Å². The van der Waals surface area contributed by atoms with E-state index in [9.17, 15) is 18.0 Å². The van der Waals surface area contributed by atoms with E-state index < -0.39 is 11.9 Å². The first-order chi connectivity index (χ1) is 17.8. The molecule has 37 heavy (non-hydrogen) atoms. The van der Waals surface area contributed by atoms with Crippen LogP contribution in [0.5, 0.6) is 0 Å². The van der Waals surface area contributed by atoms with Gasteiger partial charge in [-0.05, 0) is 44.6 Å². The molecule has 0 fully saturated rings. The van der Waals surface area contributed by atoms with E-state index in [4.69, 9.17) is 4.98 Å². The van der Waals surface area contributed by atoms with Crippen molar-refractivity contribution in [2.24, 2.45) is 0 Å². The maximum absolute atomic E-state index is 13.6. The molecule has 0 radical (unpaired) electrons. The fourth-order valence-electron chi connectivity index (χ4n) is 5.21. The molecule has 0 bridgehead atoms. The van der Waals surface area contributed by atoms with Gasteiger partial charge in [-0.1, -0.05) is 60.7 Å². The van der Waals surface area contributed by atoms with Crippen molar-refractivity contribution in [3.63, 3.8) is 0 Å². The number of alkyl halides is 3. The minimum atomic E-state index is -4.52. The maximum Gasteiger partial charge on any atom is 0.435 e. The normalized spacial score (nSPS) is 14.4. The van der Waals surface area contributed by atoms with Crippen molar-refractivity contribution in [3.05, 3.63) is 93.1 Å². The van der Waals surface area contributed by atoms with Crippen molar-refractivity contribution in [2.45, 2.75) is 64.1 Å². The van der Waals surface area contributed by atoms with Gasteiger partial charge in [-0.2, -0.15) is 18.3 Å². The molecule has 192 valence electrons. The maximum atomic E-state index is 13.6. The Morgan fingerprint density at radius 3 is 2.41 bits per heavy atom. The molecule has 0 N–H and O–H groups in total. The number of Topliss-reactive ketones (excluding diaryl/α,β-unsaturated/α-hetero) is 1. The van der Waals surface area contributed by atoms with Crippen LogP contribution in [0.1, 0.15) is 57.6 Å². The monoisotopic (exact) mass is 523 g/mol. The van der Waals surface area contributed by atoms with E-state index in [-0.39, 0.29) is 30.2 Å². The van der Waals surface area contributed by atoms with Crippen LogP contribution in [0.3, 0.4) is 0 Å². The van der Waals surface area contributed by atoms with Gasteiger partial charge in [-0.15, -0.1) is 11.3 Å². The third-order valence-corrected chi connectivity index (χ3v) is 7.96. The zero-order chi connectivity index (χ0) is 26.0. The molecule has 0 saturated heterocycles. The van der Waals surface area contributed by atoms with Crippen LogP contribution in [0, 0.1) is 6.92 Å². The van der Waals surface area contributed by atoms with Crippen LogP contribution in [0.4, 0.5) is 13.2 Å². The summed E-state index contributed by atoms with van der Waals surface area (Å²) in [7, 11) is 0. The lowest BCUT2D eigenvalue weighted by Crippen LogP contribution is -2.19. The van der Waals surface area contributed by atoms with E-state index in [1.807, 2.05) is 67.6 Å². The zero-order valence-electron chi connectivity index (χ0n) is 20.6. The molecule has 0 amide bonds. The molecule has 0 saturated carbocycles. The molecule has 2 aromatic heterocycles. The molecular formula is C29H28F3N3OS. The van der Waals surface area contributed by atoms with Crippen LogP contribution in [0.25, 0.3) is 11.3 Å². The van der Waals surface area contributed by atoms with Crippen molar-refractivity contribution in [1.29, 1.82) is 0 Å². The highest BCUT2D eigenvalue weighted by Crippen LogP contribution is 2.39. The summed E-state index contributed by atoms with van der Waals surface area (Å²) in [4.78, 5) is 19.2. The second kappa shape index (κ2) is 10.6. The summed E-state index contributed by atoms with van der Waals surface area (Å²) >= 11 is 1.58. The predicted molar refractivity (Wildman–Crippen MR) is 139 cm³/mol. The third kappa shape index (κ3) is 5.69. The van der Waals surface area contributed by atoms with E-state index in [2.05, 4.69) is 5.10 Å². The van der Waals surface area contributed by atoms with Gasteiger partial charge < -0.3 is 0 Å².